The van der Waals surface area contributed by atoms with Crippen molar-refractivity contribution >= 4 is 23.3 Å². The van der Waals surface area contributed by atoms with Gasteiger partial charge in [0.15, 0.2) is 0 Å². The zero-order valence-electron chi connectivity index (χ0n) is 11.2. The molecule has 1 aromatic heterocycles. The number of halogens is 1. The highest BCUT2D eigenvalue weighted by Gasteiger charge is 2.08. The van der Waals surface area contributed by atoms with Crippen LogP contribution in [0.1, 0.15) is 6.92 Å². The number of aromatic nitrogens is 2. The molecule has 0 bridgehead atoms. The lowest BCUT2D eigenvalue weighted by Crippen LogP contribution is -2.37. The number of carbonyl (C=O) groups is 1. The fraction of sp³-hybridized carbons (Fsp3) is 0.545. The topological polar surface area (TPSA) is 79.3 Å². The van der Waals surface area contributed by atoms with Gasteiger partial charge in [-0.3, -0.25) is 4.79 Å². The van der Waals surface area contributed by atoms with Gasteiger partial charge in [0.25, 0.3) is 5.56 Å². The van der Waals surface area contributed by atoms with Gasteiger partial charge in [-0.25, -0.2) is 9.48 Å². The quantitative estimate of drug-likeness (QED) is 0.777. The average Bonchev–Trinajstić information content (AvgIpc) is 2.39. The Morgan fingerprint density at radius 2 is 2.16 bits per heavy atom. The number of aryl methyl sites for hydroxylation is 1. The molecule has 0 aliphatic rings. The molecule has 0 aliphatic heterocycles. The Bertz CT molecular complexity index is 500. The van der Waals surface area contributed by atoms with E-state index < -0.39 is 0 Å². The van der Waals surface area contributed by atoms with Crippen LogP contribution in [0.4, 0.5) is 10.5 Å². The number of amides is 2. The van der Waals surface area contributed by atoms with E-state index in [2.05, 4.69) is 15.7 Å². The van der Waals surface area contributed by atoms with E-state index in [1.807, 2.05) is 6.92 Å². The molecular formula is C11H18ClN5O2. The highest BCUT2D eigenvalue weighted by atomic mass is 35.5. The normalized spacial score (nSPS) is 10.1. The standard InChI is InChI=1S/C11H18ClN5O2/c1-4-17-10(18)9(12)8(7-15-17)13-5-6-14-11(19)16(2)3/h7,13H,4-6H2,1-3H3,(H,14,19). The van der Waals surface area contributed by atoms with Crippen LogP contribution < -0.4 is 16.2 Å². The fourth-order valence-corrected chi connectivity index (χ4v) is 1.55. The van der Waals surface area contributed by atoms with Crippen LogP contribution in [0.5, 0.6) is 0 Å². The van der Waals surface area contributed by atoms with E-state index >= 15 is 0 Å². The van der Waals surface area contributed by atoms with E-state index in [1.165, 1.54) is 15.8 Å². The highest BCUT2D eigenvalue weighted by molar-refractivity contribution is 6.32. The van der Waals surface area contributed by atoms with Gasteiger partial charge in [-0.2, -0.15) is 5.10 Å². The molecule has 0 spiro atoms. The predicted octanol–water partition coefficient (Wildman–Crippen LogP) is 0.600. The number of urea groups is 1. The molecule has 2 N–H and O–H groups in total. The van der Waals surface area contributed by atoms with Crippen molar-refractivity contribution in [2.24, 2.45) is 0 Å². The molecule has 2 amide bonds. The van der Waals surface area contributed by atoms with Crippen LogP contribution in [-0.4, -0.2) is 47.9 Å². The number of hydrogen-bond donors (Lipinski definition) is 2. The predicted molar refractivity (Wildman–Crippen MR) is 74.8 cm³/mol. The summed E-state index contributed by atoms with van der Waals surface area (Å²) in [5, 5.41) is 9.71. The summed E-state index contributed by atoms with van der Waals surface area (Å²) in [5.74, 6) is 0. The highest BCUT2D eigenvalue weighted by Crippen LogP contribution is 2.14. The Labute approximate surface area is 116 Å². The van der Waals surface area contributed by atoms with Crippen LogP contribution in [0.25, 0.3) is 0 Å². The lowest BCUT2D eigenvalue weighted by atomic mass is 10.4. The van der Waals surface area contributed by atoms with Crippen molar-refractivity contribution in [3.63, 3.8) is 0 Å². The van der Waals surface area contributed by atoms with Gasteiger partial charge in [0, 0.05) is 33.7 Å². The second kappa shape index (κ2) is 6.98. The summed E-state index contributed by atoms with van der Waals surface area (Å²) in [6.45, 7) is 3.16. The molecule has 0 saturated carbocycles. The van der Waals surface area contributed by atoms with Crippen molar-refractivity contribution < 1.29 is 4.79 Å². The summed E-state index contributed by atoms with van der Waals surface area (Å²) in [6, 6.07) is -0.174. The van der Waals surface area contributed by atoms with Crippen LogP contribution in [0, 0.1) is 0 Å². The van der Waals surface area contributed by atoms with E-state index in [1.54, 1.807) is 14.1 Å². The Kier molecular flexibility index (Phi) is 5.62. The first kappa shape index (κ1) is 15.3. The van der Waals surface area contributed by atoms with Gasteiger partial charge in [-0.05, 0) is 6.92 Å². The van der Waals surface area contributed by atoms with E-state index in [9.17, 15) is 9.59 Å². The second-order valence-electron chi connectivity index (χ2n) is 4.05. The minimum absolute atomic E-state index is 0.107. The van der Waals surface area contributed by atoms with Gasteiger partial charge >= 0.3 is 6.03 Å². The summed E-state index contributed by atoms with van der Waals surface area (Å²) in [5.41, 5.74) is 0.141. The van der Waals surface area contributed by atoms with Gasteiger partial charge in [-0.1, -0.05) is 11.6 Å². The molecule has 1 heterocycles. The molecule has 19 heavy (non-hydrogen) atoms. The van der Waals surface area contributed by atoms with E-state index in [-0.39, 0.29) is 16.6 Å². The first-order valence-electron chi connectivity index (χ1n) is 5.92. The molecular weight excluding hydrogens is 270 g/mol. The van der Waals surface area contributed by atoms with Gasteiger partial charge in [0.05, 0.1) is 11.9 Å². The summed E-state index contributed by atoms with van der Waals surface area (Å²) >= 11 is 5.94. The number of rotatable bonds is 5. The smallest absolute Gasteiger partial charge is 0.316 e. The first-order valence-corrected chi connectivity index (χ1v) is 6.29. The van der Waals surface area contributed by atoms with Gasteiger partial charge < -0.3 is 15.5 Å². The molecule has 1 aromatic rings. The van der Waals surface area contributed by atoms with Crippen molar-refractivity contribution in [2.75, 3.05) is 32.5 Å². The van der Waals surface area contributed by atoms with Crippen molar-refractivity contribution in [2.45, 2.75) is 13.5 Å². The molecule has 7 nitrogen and oxygen atoms in total. The monoisotopic (exact) mass is 287 g/mol. The van der Waals surface area contributed by atoms with Crippen LogP contribution in [0.2, 0.25) is 5.02 Å². The van der Waals surface area contributed by atoms with Crippen molar-refractivity contribution in [3.05, 3.63) is 21.6 Å². The zero-order chi connectivity index (χ0) is 14.4. The van der Waals surface area contributed by atoms with Crippen LogP contribution in [0.15, 0.2) is 11.0 Å². The number of anilines is 1. The number of nitrogens with one attached hydrogen (secondary N) is 2. The Morgan fingerprint density at radius 3 is 2.74 bits per heavy atom. The molecule has 0 atom stereocenters. The number of hydrogen-bond acceptors (Lipinski definition) is 4. The van der Waals surface area contributed by atoms with Crippen LogP contribution in [0.3, 0.4) is 0 Å². The number of carbonyl (C=O) groups excluding carboxylic acids is 1. The maximum Gasteiger partial charge on any atom is 0.316 e. The summed E-state index contributed by atoms with van der Waals surface area (Å²) < 4.78 is 1.28. The molecule has 0 saturated heterocycles. The molecule has 0 radical (unpaired) electrons. The van der Waals surface area contributed by atoms with Gasteiger partial charge in [0.2, 0.25) is 0 Å². The van der Waals surface area contributed by atoms with Crippen molar-refractivity contribution in [3.8, 4) is 0 Å². The summed E-state index contributed by atoms with van der Waals surface area (Å²) in [7, 11) is 3.32. The Balaban J connectivity index is 2.53. The lowest BCUT2D eigenvalue weighted by molar-refractivity contribution is 0.218. The van der Waals surface area contributed by atoms with E-state index in [0.29, 0.717) is 25.3 Å². The maximum atomic E-state index is 11.7. The van der Waals surface area contributed by atoms with Crippen LogP contribution in [-0.2, 0) is 6.54 Å². The van der Waals surface area contributed by atoms with E-state index in [4.69, 9.17) is 11.6 Å². The third kappa shape index (κ3) is 4.13. The number of nitrogens with zero attached hydrogens (tertiary/aromatic N) is 3. The third-order valence-electron chi connectivity index (χ3n) is 2.41. The van der Waals surface area contributed by atoms with Crippen molar-refractivity contribution in [1.29, 1.82) is 0 Å². The Hall–Kier alpha value is -1.76. The molecule has 8 heteroatoms. The minimum atomic E-state index is -0.327. The van der Waals surface area contributed by atoms with Crippen molar-refractivity contribution in [1.82, 2.24) is 20.0 Å². The fourth-order valence-electron chi connectivity index (χ4n) is 1.34. The Morgan fingerprint density at radius 1 is 1.47 bits per heavy atom. The molecule has 0 aromatic carbocycles. The molecule has 0 fully saturated rings. The van der Waals surface area contributed by atoms with E-state index in [0.717, 1.165) is 0 Å². The third-order valence-corrected chi connectivity index (χ3v) is 2.77. The second-order valence-corrected chi connectivity index (χ2v) is 4.42. The molecule has 0 aliphatic carbocycles. The van der Waals surface area contributed by atoms with Gasteiger partial charge in [-0.15, -0.1) is 0 Å². The first-order chi connectivity index (χ1) is 8.97. The molecule has 106 valence electrons. The molecule has 0 unspecified atom stereocenters. The van der Waals surface area contributed by atoms with Crippen LogP contribution >= 0.6 is 11.6 Å². The van der Waals surface area contributed by atoms with Gasteiger partial charge in [0.1, 0.15) is 5.02 Å². The largest absolute Gasteiger partial charge is 0.381 e. The lowest BCUT2D eigenvalue weighted by Gasteiger charge is -2.13. The molecule has 1 rings (SSSR count). The SMILES string of the molecule is CCn1ncc(NCCNC(=O)N(C)C)c(Cl)c1=O. The average molecular weight is 288 g/mol. The zero-order valence-corrected chi connectivity index (χ0v) is 12.0. The summed E-state index contributed by atoms with van der Waals surface area (Å²) in [6.07, 6.45) is 1.50. The maximum absolute atomic E-state index is 11.7. The minimum Gasteiger partial charge on any atom is -0.381 e. The summed E-state index contributed by atoms with van der Waals surface area (Å²) in [4.78, 5) is 24.4.